The highest BCUT2D eigenvalue weighted by Crippen LogP contribution is 2.51. The Hall–Kier alpha value is -6.12. The zero-order chi connectivity index (χ0) is 42.7. The van der Waals surface area contributed by atoms with Crippen LogP contribution < -0.4 is 9.80 Å². The van der Waals surface area contributed by atoms with Gasteiger partial charge < -0.3 is 9.80 Å². The van der Waals surface area contributed by atoms with Gasteiger partial charge in [0, 0.05) is 33.5 Å². The molecule has 8 rings (SSSR count). The maximum absolute atomic E-state index is 2.51. The number of benzene rings is 8. The fourth-order valence-electron chi connectivity index (χ4n) is 9.03. The van der Waals surface area contributed by atoms with Gasteiger partial charge in [-0.1, -0.05) is 114 Å². The summed E-state index contributed by atoms with van der Waals surface area (Å²) < 4.78 is 0. The summed E-state index contributed by atoms with van der Waals surface area (Å²) in [5.41, 5.74) is 19.5. The molecule has 0 aliphatic rings. The smallest absolute Gasteiger partial charge is 0.0618 e. The van der Waals surface area contributed by atoms with Crippen LogP contribution in [0.15, 0.2) is 146 Å². The van der Waals surface area contributed by atoms with Gasteiger partial charge in [0.05, 0.1) is 11.4 Å². The Kier molecular flexibility index (Phi) is 10.5. The van der Waals surface area contributed by atoms with Crippen molar-refractivity contribution in [2.75, 3.05) is 9.80 Å². The number of nitrogens with zero attached hydrogens (tertiary/aromatic N) is 2. The Morgan fingerprint density at radius 1 is 0.333 bits per heavy atom. The van der Waals surface area contributed by atoms with Gasteiger partial charge in [-0.3, -0.25) is 0 Å². The number of fused-ring (bicyclic) bond motifs is 2. The van der Waals surface area contributed by atoms with Crippen molar-refractivity contribution in [3.05, 3.63) is 190 Å². The van der Waals surface area contributed by atoms with Crippen LogP contribution in [0.2, 0.25) is 0 Å². The number of anilines is 6. The topological polar surface area (TPSA) is 6.48 Å². The minimum absolute atomic E-state index is 0.0404. The molecular weight excluding hydrogens is 725 g/mol. The summed E-state index contributed by atoms with van der Waals surface area (Å²) in [7, 11) is 0. The number of aryl methyl sites for hydroxylation is 6. The van der Waals surface area contributed by atoms with Gasteiger partial charge >= 0.3 is 0 Å². The first-order chi connectivity index (χ1) is 28.5. The lowest BCUT2D eigenvalue weighted by Gasteiger charge is -2.32. The molecule has 0 aliphatic heterocycles. The summed E-state index contributed by atoms with van der Waals surface area (Å²) in [4.78, 5) is 4.96. The van der Waals surface area contributed by atoms with Crippen LogP contribution in [0.1, 0.15) is 86.1 Å². The summed E-state index contributed by atoms with van der Waals surface area (Å²) in [5, 5.41) is 5.00. The molecule has 0 heterocycles. The summed E-state index contributed by atoms with van der Waals surface area (Å²) in [5.74, 6) is 0. The molecule has 0 atom stereocenters. The summed E-state index contributed by atoms with van der Waals surface area (Å²) >= 11 is 0. The molecule has 2 nitrogen and oxygen atoms in total. The molecule has 0 spiro atoms. The standard InChI is InChI=1S/C58H60N2/c1-37-17-13-21-46(29-37)59(47-22-14-18-38(2)30-47)55-41(5)33-43(34-42(55)6)54-50-27-25-45(58(10,11)12)36-53(50)56(51-28-26-44(35-52(51)54)57(7,8)9)60(48-23-15-19-39(3)31-48)49-24-16-20-40(4)32-49/h13-36H,1-12H3. The van der Waals surface area contributed by atoms with Gasteiger partial charge in [0.15, 0.2) is 0 Å². The van der Waals surface area contributed by atoms with E-state index < -0.39 is 0 Å². The van der Waals surface area contributed by atoms with Gasteiger partial charge in [-0.2, -0.15) is 0 Å². The first-order valence-electron chi connectivity index (χ1n) is 21.5. The van der Waals surface area contributed by atoms with Gasteiger partial charge in [-0.25, -0.2) is 0 Å². The normalized spacial score (nSPS) is 12.0. The van der Waals surface area contributed by atoms with E-state index in [1.807, 2.05) is 0 Å². The highest BCUT2D eigenvalue weighted by atomic mass is 15.2. The molecule has 0 unspecified atom stereocenters. The molecule has 0 bridgehead atoms. The fourth-order valence-corrected chi connectivity index (χ4v) is 9.03. The van der Waals surface area contributed by atoms with Crippen molar-refractivity contribution < 1.29 is 0 Å². The third-order valence-electron chi connectivity index (χ3n) is 12.1. The molecule has 0 N–H and O–H groups in total. The fraction of sp³-hybridized carbons (Fsp3) is 0.241. The van der Waals surface area contributed by atoms with E-state index in [0.29, 0.717) is 0 Å². The second-order valence-corrected chi connectivity index (χ2v) is 19.2. The maximum atomic E-state index is 2.51. The minimum Gasteiger partial charge on any atom is -0.310 e. The molecular formula is C58H60N2. The highest BCUT2D eigenvalue weighted by Gasteiger charge is 2.27. The van der Waals surface area contributed by atoms with Crippen molar-refractivity contribution in [1.29, 1.82) is 0 Å². The Labute approximate surface area is 359 Å². The molecule has 8 aromatic rings. The SMILES string of the molecule is Cc1cccc(N(c2cccc(C)c2)c2c(C)cc(-c3c4cc(C(C)(C)C)ccc4c(N(c4cccc(C)c4)c4cccc(C)c4)c4cc(C(C)(C)C)ccc34)cc2C)c1. The molecule has 0 amide bonds. The van der Waals surface area contributed by atoms with E-state index in [2.05, 4.69) is 238 Å². The van der Waals surface area contributed by atoms with E-state index in [9.17, 15) is 0 Å². The Morgan fingerprint density at radius 3 is 1.08 bits per heavy atom. The average Bonchev–Trinajstić information content (AvgIpc) is 3.18. The molecule has 2 heteroatoms. The van der Waals surface area contributed by atoms with Crippen molar-refractivity contribution in [2.24, 2.45) is 0 Å². The van der Waals surface area contributed by atoms with Crippen LogP contribution in [0.5, 0.6) is 0 Å². The third-order valence-corrected chi connectivity index (χ3v) is 12.1. The van der Waals surface area contributed by atoms with Crippen molar-refractivity contribution in [3.8, 4) is 11.1 Å². The van der Waals surface area contributed by atoms with E-state index in [4.69, 9.17) is 0 Å². The molecule has 0 saturated heterocycles. The number of rotatable bonds is 7. The molecule has 0 aromatic heterocycles. The predicted molar refractivity (Wildman–Crippen MR) is 262 cm³/mol. The molecule has 302 valence electrons. The third kappa shape index (κ3) is 7.72. The minimum atomic E-state index is -0.0436. The summed E-state index contributed by atoms with van der Waals surface area (Å²) in [6.07, 6.45) is 0. The molecule has 0 saturated carbocycles. The Morgan fingerprint density at radius 2 is 0.700 bits per heavy atom. The van der Waals surface area contributed by atoms with E-state index in [0.717, 1.165) is 22.7 Å². The van der Waals surface area contributed by atoms with Crippen LogP contribution in [0.4, 0.5) is 34.1 Å². The summed E-state index contributed by atoms with van der Waals surface area (Å²) in [6, 6.07) is 55.1. The van der Waals surface area contributed by atoms with Crippen LogP contribution in [0, 0.1) is 41.5 Å². The van der Waals surface area contributed by atoms with Crippen molar-refractivity contribution in [3.63, 3.8) is 0 Å². The van der Waals surface area contributed by atoms with Crippen molar-refractivity contribution in [2.45, 2.75) is 93.9 Å². The lowest BCUT2D eigenvalue weighted by molar-refractivity contribution is 0.590. The Balaban J connectivity index is 1.50. The van der Waals surface area contributed by atoms with E-state index >= 15 is 0 Å². The van der Waals surface area contributed by atoms with Crippen LogP contribution in [-0.2, 0) is 10.8 Å². The maximum Gasteiger partial charge on any atom is 0.0618 e. The van der Waals surface area contributed by atoms with Gasteiger partial charge in [-0.15, -0.1) is 0 Å². The van der Waals surface area contributed by atoms with Crippen LogP contribution in [0.25, 0.3) is 32.7 Å². The Bertz CT molecular complexity index is 2800. The molecule has 0 aliphatic carbocycles. The number of hydrogen-bond donors (Lipinski definition) is 0. The second kappa shape index (κ2) is 15.5. The number of hydrogen-bond acceptors (Lipinski definition) is 2. The van der Waals surface area contributed by atoms with Crippen LogP contribution in [-0.4, -0.2) is 0 Å². The zero-order valence-electron chi connectivity index (χ0n) is 37.8. The largest absolute Gasteiger partial charge is 0.310 e. The molecule has 8 aromatic carbocycles. The first-order valence-corrected chi connectivity index (χ1v) is 21.5. The first kappa shape index (κ1) is 40.7. The van der Waals surface area contributed by atoms with Crippen LogP contribution in [0.3, 0.4) is 0 Å². The van der Waals surface area contributed by atoms with E-state index in [1.165, 1.54) is 88.6 Å². The van der Waals surface area contributed by atoms with Gasteiger partial charge in [0.1, 0.15) is 0 Å². The lowest BCUT2D eigenvalue weighted by Crippen LogP contribution is -2.15. The predicted octanol–water partition coefficient (Wildman–Crippen LogP) is 17.0. The monoisotopic (exact) mass is 784 g/mol. The van der Waals surface area contributed by atoms with E-state index in [-0.39, 0.29) is 10.8 Å². The highest BCUT2D eigenvalue weighted by molar-refractivity contribution is 6.23. The zero-order valence-corrected chi connectivity index (χ0v) is 37.8. The van der Waals surface area contributed by atoms with E-state index in [1.54, 1.807) is 0 Å². The quantitative estimate of drug-likeness (QED) is 0.149. The average molecular weight is 785 g/mol. The van der Waals surface area contributed by atoms with Crippen LogP contribution >= 0.6 is 0 Å². The molecule has 60 heavy (non-hydrogen) atoms. The molecule has 0 radical (unpaired) electrons. The lowest BCUT2D eigenvalue weighted by atomic mass is 9.80. The van der Waals surface area contributed by atoms with Gasteiger partial charge in [0.2, 0.25) is 0 Å². The van der Waals surface area contributed by atoms with Gasteiger partial charge in [0.25, 0.3) is 0 Å². The van der Waals surface area contributed by atoms with Crippen molar-refractivity contribution in [1.82, 2.24) is 0 Å². The van der Waals surface area contributed by atoms with Crippen molar-refractivity contribution >= 4 is 55.7 Å². The summed E-state index contributed by atoms with van der Waals surface area (Å²) in [6.45, 7) is 27.3. The second-order valence-electron chi connectivity index (χ2n) is 19.2. The molecule has 0 fully saturated rings. The van der Waals surface area contributed by atoms with Gasteiger partial charge in [-0.05, 0) is 192 Å².